The molecular formula is C13H23IN4OS. The number of morpholine rings is 1. The van der Waals surface area contributed by atoms with Crippen LogP contribution in [0.1, 0.15) is 29.7 Å². The Morgan fingerprint density at radius 3 is 3.05 bits per heavy atom. The molecule has 2 unspecified atom stereocenters. The van der Waals surface area contributed by atoms with Crippen molar-refractivity contribution in [3.05, 3.63) is 16.1 Å². The van der Waals surface area contributed by atoms with E-state index in [9.17, 15) is 0 Å². The molecule has 0 amide bonds. The Morgan fingerprint density at radius 2 is 2.45 bits per heavy atom. The van der Waals surface area contributed by atoms with E-state index in [0.717, 1.165) is 24.7 Å². The Hall–Kier alpha value is -0.410. The van der Waals surface area contributed by atoms with E-state index < -0.39 is 0 Å². The number of nitrogens with two attached hydrogens (primary N) is 1. The molecule has 0 spiro atoms. The van der Waals surface area contributed by atoms with E-state index in [1.807, 2.05) is 6.20 Å². The lowest BCUT2D eigenvalue weighted by atomic mass is 10.2. The second-order valence-corrected chi connectivity index (χ2v) is 6.30. The second kappa shape index (κ2) is 8.14. The maximum Gasteiger partial charge on any atom is 0.191 e. The van der Waals surface area contributed by atoms with E-state index in [1.165, 1.54) is 4.88 Å². The number of ether oxygens (including phenoxy) is 1. The fraction of sp³-hybridized carbons (Fsp3) is 0.692. The molecule has 1 aliphatic rings. The van der Waals surface area contributed by atoms with E-state index in [2.05, 4.69) is 35.6 Å². The number of hydrogen-bond acceptors (Lipinski definition) is 4. The Bertz CT molecular complexity index is 451. The monoisotopic (exact) mass is 410 g/mol. The third-order valence-electron chi connectivity index (χ3n) is 3.15. The van der Waals surface area contributed by atoms with Gasteiger partial charge in [-0.2, -0.15) is 0 Å². The summed E-state index contributed by atoms with van der Waals surface area (Å²) in [4.78, 5) is 12.2. The minimum absolute atomic E-state index is 0. The number of aryl methyl sites for hydroxylation is 1. The lowest BCUT2D eigenvalue weighted by molar-refractivity contribution is 0.00529. The number of aliphatic imine (C=N–C) groups is 1. The summed E-state index contributed by atoms with van der Waals surface area (Å²) in [6.45, 7) is 9.31. The largest absolute Gasteiger partial charge is 0.375 e. The van der Waals surface area contributed by atoms with Crippen molar-refractivity contribution < 1.29 is 4.74 Å². The average Bonchev–Trinajstić information content (AvgIpc) is 2.82. The molecule has 1 aromatic heterocycles. The number of thiazole rings is 1. The normalized spacial score (nSPS) is 21.4. The van der Waals surface area contributed by atoms with Crippen molar-refractivity contribution in [2.75, 3.05) is 26.2 Å². The highest BCUT2D eigenvalue weighted by molar-refractivity contribution is 14.0. The summed E-state index contributed by atoms with van der Waals surface area (Å²) in [5.74, 6) is 0.936. The Balaban J connectivity index is 0.00000200. The highest BCUT2D eigenvalue weighted by Crippen LogP contribution is 2.21. The van der Waals surface area contributed by atoms with Gasteiger partial charge in [-0.15, -0.1) is 35.3 Å². The number of hydrogen-bond donors (Lipinski definition) is 1. The van der Waals surface area contributed by atoms with Gasteiger partial charge in [0, 0.05) is 30.1 Å². The Labute approximate surface area is 141 Å². The van der Waals surface area contributed by atoms with Crippen molar-refractivity contribution in [2.24, 2.45) is 10.7 Å². The van der Waals surface area contributed by atoms with Crippen molar-refractivity contribution in [1.29, 1.82) is 0 Å². The topological polar surface area (TPSA) is 63.7 Å². The number of aromatic nitrogens is 1. The van der Waals surface area contributed by atoms with E-state index in [1.54, 1.807) is 11.3 Å². The SMILES string of the molecule is Cc1cnc(C(C)CN=C(N)N2CCOC(C)C2)s1.I. The van der Waals surface area contributed by atoms with Gasteiger partial charge in [0.05, 0.1) is 24.3 Å². The van der Waals surface area contributed by atoms with Crippen LogP contribution in [0.2, 0.25) is 0 Å². The van der Waals surface area contributed by atoms with Crippen LogP contribution in [0.3, 0.4) is 0 Å². The molecule has 1 aliphatic heterocycles. The zero-order chi connectivity index (χ0) is 13.8. The summed E-state index contributed by atoms with van der Waals surface area (Å²) in [7, 11) is 0. The van der Waals surface area contributed by atoms with Crippen molar-refractivity contribution in [1.82, 2.24) is 9.88 Å². The molecule has 7 heteroatoms. The van der Waals surface area contributed by atoms with Crippen LogP contribution in [-0.2, 0) is 4.74 Å². The summed E-state index contributed by atoms with van der Waals surface area (Å²) in [6.07, 6.45) is 2.13. The van der Waals surface area contributed by atoms with E-state index in [-0.39, 0.29) is 30.1 Å². The van der Waals surface area contributed by atoms with Gasteiger partial charge in [-0.3, -0.25) is 4.99 Å². The van der Waals surface area contributed by atoms with Gasteiger partial charge in [0.2, 0.25) is 0 Å². The lowest BCUT2D eigenvalue weighted by Gasteiger charge is -2.31. The molecule has 2 N–H and O–H groups in total. The Morgan fingerprint density at radius 1 is 1.70 bits per heavy atom. The first-order chi connectivity index (χ1) is 9.06. The van der Waals surface area contributed by atoms with Crippen molar-refractivity contribution in [3.8, 4) is 0 Å². The van der Waals surface area contributed by atoms with Crippen LogP contribution in [0.15, 0.2) is 11.2 Å². The quantitative estimate of drug-likeness (QED) is 0.472. The van der Waals surface area contributed by atoms with Crippen LogP contribution in [0, 0.1) is 6.92 Å². The van der Waals surface area contributed by atoms with Crippen LogP contribution in [0.25, 0.3) is 0 Å². The fourth-order valence-corrected chi connectivity index (χ4v) is 2.85. The molecule has 0 bridgehead atoms. The zero-order valence-corrected chi connectivity index (χ0v) is 15.4. The van der Waals surface area contributed by atoms with Crippen LogP contribution in [0.5, 0.6) is 0 Å². The third kappa shape index (κ3) is 4.85. The molecule has 2 rings (SSSR count). The van der Waals surface area contributed by atoms with E-state index in [4.69, 9.17) is 10.5 Å². The molecule has 1 fully saturated rings. The first-order valence-electron chi connectivity index (χ1n) is 6.65. The molecule has 20 heavy (non-hydrogen) atoms. The average molecular weight is 410 g/mol. The molecule has 2 atom stereocenters. The molecular weight excluding hydrogens is 387 g/mol. The summed E-state index contributed by atoms with van der Waals surface area (Å²) in [6, 6.07) is 0. The van der Waals surface area contributed by atoms with E-state index in [0.29, 0.717) is 18.4 Å². The third-order valence-corrected chi connectivity index (χ3v) is 4.30. The van der Waals surface area contributed by atoms with Gasteiger partial charge in [-0.05, 0) is 13.8 Å². The predicted molar refractivity (Wildman–Crippen MR) is 94.2 cm³/mol. The second-order valence-electron chi connectivity index (χ2n) is 5.04. The van der Waals surface area contributed by atoms with Gasteiger partial charge in [0.1, 0.15) is 0 Å². The van der Waals surface area contributed by atoms with Crippen molar-refractivity contribution in [3.63, 3.8) is 0 Å². The highest BCUT2D eigenvalue weighted by Gasteiger charge is 2.18. The zero-order valence-electron chi connectivity index (χ0n) is 12.2. The van der Waals surface area contributed by atoms with Gasteiger partial charge in [-0.1, -0.05) is 6.92 Å². The molecule has 0 radical (unpaired) electrons. The van der Waals surface area contributed by atoms with Gasteiger partial charge in [0.25, 0.3) is 0 Å². The molecule has 0 saturated carbocycles. The maximum atomic E-state index is 6.05. The van der Waals surface area contributed by atoms with Gasteiger partial charge in [0.15, 0.2) is 5.96 Å². The molecule has 114 valence electrons. The van der Waals surface area contributed by atoms with Crippen LogP contribution in [0.4, 0.5) is 0 Å². The number of guanidine groups is 1. The van der Waals surface area contributed by atoms with Crippen molar-refractivity contribution >= 4 is 41.3 Å². The molecule has 1 aromatic rings. The summed E-state index contributed by atoms with van der Waals surface area (Å²) in [5.41, 5.74) is 6.05. The molecule has 5 nitrogen and oxygen atoms in total. The van der Waals surface area contributed by atoms with Crippen LogP contribution < -0.4 is 5.73 Å². The molecule has 1 saturated heterocycles. The minimum Gasteiger partial charge on any atom is -0.375 e. The maximum absolute atomic E-state index is 6.05. The first kappa shape index (κ1) is 17.6. The smallest absolute Gasteiger partial charge is 0.191 e. The number of rotatable bonds is 3. The van der Waals surface area contributed by atoms with Gasteiger partial charge >= 0.3 is 0 Å². The fourth-order valence-electron chi connectivity index (χ4n) is 2.04. The highest BCUT2D eigenvalue weighted by atomic mass is 127. The summed E-state index contributed by atoms with van der Waals surface area (Å²) >= 11 is 1.73. The van der Waals surface area contributed by atoms with Crippen LogP contribution >= 0.6 is 35.3 Å². The summed E-state index contributed by atoms with van der Waals surface area (Å²) < 4.78 is 5.50. The van der Waals surface area contributed by atoms with Gasteiger partial charge < -0.3 is 15.4 Å². The number of halogens is 1. The standard InChI is InChI=1S/C13H22N4OS.HI/c1-9(12-15-7-11(3)19-12)6-16-13(14)17-4-5-18-10(2)8-17;/h7,9-10H,4-6,8H2,1-3H3,(H2,14,16);1H. The van der Waals surface area contributed by atoms with Gasteiger partial charge in [-0.25, -0.2) is 4.98 Å². The lowest BCUT2D eigenvalue weighted by Crippen LogP contribution is -2.48. The van der Waals surface area contributed by atoms with Crippen LogP contribution in [-0.4, -0.2) is 48.2 Å². The molecule has 0 aliphatic carbocycles. The summed E-state index contributed by atoms with van der Waals surface area (Å²) in [5, 5.41) is 1.13. The minimum atomic E-state index is 0. The molecule has 2 heterocycles. The predicted octanol–water partition coefficient (Wildman–Crippen LogP) is 2.21. The molecule has 0 aromatic carbocycles. The van der Waals surface area contributed by atoms with E-state index >= 15 is 0 Å². The first-order valence-corrected chi connectivity index (χ1v) is 7.46. The Kier molecular flexibility index (Phi) is 7.18. The number of nitrogens with zero attached hydrogens (tertiary/aromatic N) is 3. The van der Waals surface area contributed by atoms with Crippen molar-refractivity contribution in [2.45, 2.75) is 32.8 Å².